The van der Waals surface area contributed by atoms with E-state index in [1.165, 1.54) is 57.6 Å². The first-order valence-corrected chi connectivity index (χ1v) is 15.1. The molecule has 2 heterocycles. The SMILES string of the molecule is C[C@H](N)C(=O)NCCCOc1ccc(-c2sc3ccccc3c2Cc2ccc(OCCN3CCCC3)cc2)cc1. The number of likely N-dealkylation sites (tertiary alicyclic amines) is 1. The van der Waals surface area contributed by atoms with Gasteiger partial charge in [0.15, 0.2) is 0 Å². The summed E-state index contributed by atoms with van der Waals surface area (Å²) in [4.78, 5) is 15.3. The number of hydrogen-bond donors (Lipinski definition) is 2. The van der Waals surface area contributed by atoms with E-state index in [-0.39, 0.29) is 5.91 Å². The molecule has 0 spiro atoms. The molecule has 40 heavy (non-hydrogen) atoms. The Morgan fingerprint density at radius 1 is 0.950 bits per heavy atom. The molecule has 6 nitrogen and oxygen atoms in total. The first-order valence-electron chi connectivity index (χ1n) is 14.3. The Morgan fingerprint density at radius 2 is 1.62 bits per heavy atom. The predicted octanol–water partition coefficient (Wildman–Crippen LogP) is 5.87. The van der Waals surface area contributed by atoms with Crippen LogP contribution >= 0.6 is 11.3 Å². The number of fused-ring (bicyclic) bond motifs is 1. The molecule has 1 aliphatic rings. The number of hydrogen-bond acceptors (Lipinski definition) is 6. The van der Waals surface area contributed by atoms with Gasteiger partial charge in [0.05, 0.1) is 12.6 Å². The van der Waals surface area contributed by atoms with Gasteiger partial charge in [0.2, 0.25) is 5.91 Å². The van der Waals surface area contributed by atoms with Gasteiger partial charge in [-0.2, -0.15) is 0 Å². The van der Waals surface area contributed by atoms with Gasteiger partial charge in [-0.25, -0.2) is 0 Å². The molecule has 1 aromatic heterocycles. The van der Waals surface area contributed by atoms with E-state index < -0.39 is 6.04 Å². The van der Waals surface area contributed by atoms with Crippen molar-refractivity contribution < 1.29 is 14.3 Å². The van der Waals surface area contributed by atoms with E-state index in [1.807, 2.05) is 23.5 Å². The summed E-state index contributed by atoms with van der Waals surface area (Å²) in [6.45, 7) is 6.90. The van der Waals surface area contributed by atoms with Crippen LogP contribution in [-0.2, 0) is 11.2 Å². The molecule has 3 N–H and O–H groups in total. The minimum absolute atomic E-state index is 0.138. The van der Waals surface area contributed by atoms with Crippen LogP contribution in [0.25, 0.3) is 20.5 Å². The minimum Gasteiger partial charge on any atom is -0.494 e. The maximum Gasteiger partial charge on any atom is 0.236 e. The fourth-order valence-corrected chi connectivity index (χ4v) is 6.28. The van der Waals surface area contributed by atoms with Crippen LogP contribution in [0.1, 0.15) is 37.3 Å². The number of amides is 1. The molecule has 0 unspecified atom stereocenters. The molecule has 3 aromatic carbocycles. The van der Waals surface area contributed by atoms with Crippen molar-refractivity contribution in [3.63, 3.8) is 0 Å². The van der Waals surface area contributed by atoms with Gasteiger partial charge in [0, 0.05) is 22.7 Å². The maximum absolute atomic E-state index is 11.6. The van der Waals surface area contributed by atoms with Gasteiger partial charge in [-0.3, -0.25) is 9.69 Å². The van der Waals surface area contributed by atoms with Crippen molar-refractivity contribution in [1.82, 2.24) is 10.2 Å². The van der Waals surface area contributed by atoms with Gasteiger partial charge in [-0.05, 0) is 110 Å². The quantitative estimate of drug-likeness (QED) is 0.201. The summed E-state index contributed by atoms with van der Waals surface area (Å²) >= 11 is 1.84. The number of ether oxygens (including phenoxy) is 2. The van der Waals surface area contributed by atoms with Gasteiger partial charge in [-0.15, -0.1) is 11.3 Å². The van der Waals surface area contributed by atoms with Gasteiger partial charge >= 0.3 is 0 Å². The highest BCUT2D eigenvalue weighted by atomic mass is 32.1. The lowest BCUT2D eigenvalue weighted by molar-refractivity contribution is -0.121. The number of rotatable bonds is 13. The molecule has 5 rings (SSSR count). The summed E-state index contributed by atoms with van der Waals surface area (Å²) in [5.74, 6) is 1.62. The summed E-state index contributed by atoms with van der Waals surface area (Å²) in [5, 5.41) is 4.12. The average molecular weight is 558 g/mol. The Balaban J connectivity index is 1.22. The smallest absolute Gasteiger partial charge is 0.236 e. The van der Waals surface area contributed by atoms with E-state index in [0.29, 0.717) is 13.2 Å². The molecule has 0 saturated carbocycles. The van der Waals surface area contributed by atoms with Gasteiger partial charge in [-0.1, -0.05) is 30.3 Å². The van der Waals surface area contributed by atoms with Crippen molar-refractivity contribution in [3.8, 4) is 21.9 Å². The zero-order valence-electron chi connectivity index (χ0n) is 23.2. The largest absolute Gasteiger partial charge is 0.494 e. The molecule has 210 valence electrons. The molecule has 0 radical (unpaired) electrons. The molecule has 1 fully saturated rings. The highest BCUT2D eigenvalue weighted by molar-refractivity contribution is 7.22. The van der Waals surface area contributed by atoms with E-state index in [0.717, 1.165) is 37.5 Å². The Labute approximate surface area is 241 Å². The number of thiophene rings is 1. The number of carbonyl (C=O) groups is 1. The fraction of sp³-hybridized carbons (Fsp3) is 0.364. The summed E-state index contributed by atoms with van der Waals surface area (Å²) in [6, 6.07) is 25.1. The second kappa shape index (κ2) is 13.8. The molecule has 0 bridgehead atoms. The normalized spacial score (nSPS) is 14.3. The van der Waals surface area contributed by atoms with Crippen molar-refractivity contribution >= 4 is 27.3 Å². The van der Waals surface area contributed by atoms with Crippen molar-refractivity contribution in [1.29, 1.82) is 0 Å². The van der Waals surface area contributed by atoms with Gasteiger partial charge < -0.3 is 20.5 Å². The van der Waals surface area contributed by atoms with E-state index in [1.54, 1.807) is 6.92 Å². The summed E-state index contributed by atoms with van der Waals surface area (Å²) in [5.41, 5.74) is 9.38. The molecule has 1 aliphatic heterocycles. The van der Waals surface area contributed by atoms with Crippen LogP contribution in [0.4, 0.5) is 0 Å². The second-order valence-corrected chi connectivity index (χ2v) is 11.5. The Kier molecular flexibility index (Phi) is 9.71. The topological polar surface area (TPSA) is 76.8 Å². The van der Waals surface area contributed by atoms with E-state index in [9.17, 15) is 4.79 Å². The molecule has 1 atom stereocenters. The number of benzene rings is 3. The molecule has 1 amide bonds. The van der Waals surface area contributed by atoms with Crippen LogP contribution < -0.4 is 20.5 Å². The number of nitrogens with zero attached hydrogens (tertiary/aromatic N) is 1. The molecule has 0 aliphatic carbocycles. The third kappa shape index (κ3) is 7.42. The van der Waals surface area contributed by atoms with Crippen LogP contribution in [0, 0.1) is 0 Å². The zero-order valence-corrected chi connectivity index (χ0v) is 24.1. The molecule has 4 aromatic rings. The Morgan fingerprint density at radius 3 is 2.35 bits per heavy atom. The monoisotopic (exact) mass is 557 g/mol. The van der Waals surface area contributed by atoms with Crippen molar-refractivity contribution in [3.05, 3.63) is 83.9 Å². The second-order valence-electron chi connectivity index (χ2n) is 10.4. The maximum atomic E-state index is 11.6. The standard InChI is InChI=1S/C33H39N3O3S/c1-24(34)33(37)35-17-6-21-38-28-15-11-26(12-16-28)32-30(29-7-2-3-8-31(29)40-32)23-25-9-13-27(14-10-25)39-22-20-36-18-4-5-19-36/h2-3,7-16,24H,4-6,17-23,34H2,1H3,(H,35,37)/t24-/m0/s1. The molecule has 7 heteroatoms. The Hall–Kier alpha value is -3.39. The summed E-state index contributed by atoms with van der Waals surface area (Å²) < 4.78 is 13.2. The number of nitrogens with two attached hydrogens (primary N) is 1. The summed E-state index contributed by atoms with van der Waals surface area (Å²) in [6.07, 6.45) is 4.20. The third-order valence-electron chi connectivity index (χ3n) is 7.30. The minimum atomic E-state index is -0.491. The first-order chi connectivity index (χ1) is 19.6. The number of carbonyl (C=O) groups excluding carboxylic acids is 1. The molecular formula is C33H39N3O3S. The van der Waals surface area contributed by atoms with Crippen LogP contribution in [0.5, 0.6) is 11.5 Å². The van der Waals surface area contributed by atoms with E-state index in [2.05, 4.69) is 70.9 Å². The van der Waals surface area contributed by atoms with E-state index >= 15 is 0 Å². The fourth-order valence-electron chi connectivity index (χ4n) is 5.05. The lowest BCUT2D eigenvalue weighted by Crippen LogP contribution is -2.38. The van der Waals surface area contributed by atoms with Gasteiger partial charge in [0.1, 0.15) is 18.1 Å². The highest BCUT2D eigenvalue weighted by Crippen LogP contribution is 2.40. The predicted molar refractivity (Wildman–Crippen MR) is 164 cm³/mol. The van der Waals surface area contributed by atoms with Gasteiger partial charge in [0.25, 0.3) is 0 Å². The van der Waals surface area contributed by atoms with Crippen LogP contribution in [0.2, 0.25) is 0 Å². The number of nitrogens with one attached hydrogen (secondary N) is 1. The molecule has 1 saturated heterocycles. The highest BCUT2D eigenvalue weighted by Gasteiger charge is 2.15. The lowest BCUT2D eigenvalue weighted by atomic mass is 9.99. The van der Waals surface area contributed by atoms with Crippen molar-refractivity contribution in [2.45, 2.75) is 38.6 Å². The van der Waals surface area contributed by atoms with Crippen LogP contribution in [0.15, 0.2) is 72.8 Å². The average Bonchev–Trinajstić information content (AvgIpc) is 3.62. The Bertz CT molecular complexity index is 1380. The van der Waals surface area contributed by atoms with Crippen LogP contribution in [0.3, 0.4) is 0 Å². The van der Waals surface area contributed by atoms with Crippen molar-refractivity contribution in [2.24, 2.45) is 5.73 Å². The third-order valence-corrected chi connectivity index (χ3v) is 8.56. The first kappa shape index (κ1) is 28.1. The van der Waals surface area contributed by atoms with E-state index in [4.69, 9.17) is 15.2 Å². The van der Waals surface area contributed by atoms with Crippen LogP contribution in [-0.4, -0.2) is 56.2 Å². The lowest BCUT2D eigenvalue weighted by Gasteiger charge is -2.15. The van der Waals surface area contributed by atoms with Crippen molar-refractivity contribution in [2.75, 3.05) is 39.4 Å². The zero-order chi connectivity index (χ0) is 27.7. The summed E-state index contributed by atoms with van der Waals surface area (Å²) in [7, 11) is 0. The molecular weight excluding hydrogens is 518 g/mol.